The Labute approximate surface area is 236 Å². The number of ether oxygens (including phenoxy) is 2. The van der Waals surface area contributed by atoms with E-state index in [0.717, 1.165) is 16.7 Å². The molecule has 1 aromatic heterocycles. The Morgan fingerprint density at radius 2 is 1.38 bits per heavy atom. The Kier molecular flexibility index (Phi) is 9.19. The fraction of sp³-hybridized carbons (Fsp3) is 0.0714. The van der Waals surface area contributed by atoms with Crippen LogP contribution < -0.4 is 44.1 Å². The first-order chi connectivity index (χ1) is 17.4. The normalized spacial score (nSPS) is 11.0. The zero-order valence-corrected chi connectivity index (χ0v) is 22.6. The Balaban J connectivity index is 0.00000380. The molecule has 0 atom stereocenters. The average molecular weight is 506 g/mol. The second-order valence-electron chi connectivity index (χ2n) is 7.78. The number of phenolic OH excluding ortho intramolecular Hbond substituents is 2. The number of benzene rings is 3. The smallest absolute Gasteiger partial charge is 0.545 e. The van der Waals surface area contributed by atoms with E-state index < -0.39 is 5.97 Å². The Bertz CT molecular complexity index is 1380. The minimum atomic E-state index is -1.25. The van der Waals surface area contributed by atoms with Crippen LogP contribution in [0.4, 0.5) is 0 Å². The molecule has 9 heteroatoms. The third-order valence-corrected chi connectivity index (χ3v) is 5.44. The van der Waals surface area contributed by atoms with Crippen LogP contribution in [0.15, 0.2) is 66.9 Å². The molecule has 1 heterocycles. The molecule has 0 fully saturated rings. The number of carboxylic acid groups (broad SMARTS) is 1. The van der Waals surface area contributed by atoms with Gasteiger partial charge < -0.3 is 29.6 Å². The summed E-state index contributed by atoms with van der Waals surface area (Å²) < 4.78 is 12.0. The summed E-state index contributed by atoms with van der Waals surface area (Å²) in [5.74, 6) is -0.426. The van der Waals surface area contributed by atoms with Crippen molar-refractivity contribution >= 4 is 30.3 Å². The SMILES string of the molecule is COc1cc(/C=C/c2cn(-c3ccc(C(=O)[O-])cc3)nc2/C=C/c2ccc(O)c(OC)c2)ccc1O.[Na+]. The van der Waals surface area contributed by atoms with Crippen LogP contribution in [0.1, 0.15) is 32.7 Å². The summed E-state index contributed by atoms with van der Waals surface area (Å²) in [6.45, 7) is 0. The molecule has 0 aliphatic heterocycles. The van der Waals surface area contributed by atoms with Crippen molar-refractivity contribution in [2.24, 2.45) is 0 Å². The van der Waals surface area contributed by atoms with Crippen LogP contribution in [0, 0.1) is 0 Å². The van der Waals surface area contributed by atoms with Gasteiger partial charge in [-0.1, -0.05) is 42.5 Å². The van der Waals surface area contributed by atoms with Crippen LogP contribution >= 0.6 is 0 Å². The van der Waals surface area contributed by atoms with Gasteiger partial charge in [0.05, 0.1) is 31.6 Å². The van der Waals surface area contributed by atoms with Gasteiger partial charge in [0.25, 0.3) is 0 Å². The van der Waals surface area contributed by atoms with Crippen LogP contribution in [0.3, 0.4) is 0 Å². The van der Waals surface area contributed by atoms with Gasteiger partial charge in [-0.25, -0.2) is 4.68 Å². The van der Waals surface area contributed by atoms with Crippen molar-refractivity contribution < 1.29 is 59.1 Å². The molecule has 0 bridgehead atoms. The molecule has 0 saturated carbocycles. The van der Waals surface area contributed by atoms with Crippen LogP contribution in [0.5, 0.6) is 23.0 Å². The summed E-state index contributed by atoms with van der Waals surface area (Å²) in [6.07, 6.45) is 9.23. The van der Waals surface area contributed by atoms with Crippen LogP contribution in [0.2, 0.25) is 0 Å². The second kappa shape index (κ2) is 12.3. The first kappa shape index (κ1) is 27.6. The first-order valence-corrected chi connectivity index (χ1v) is 10.9. The summed E-state index contributed by atoms with van der Waals surface area (Å²) >= 11 is 0. The van der Waals surface area contributed by atoms with Crippen molar-refractivity contribution in [3.05, 3.63) is 94.8 Å². The monoisotopic (exact) mass is 506 g/mol. The number of aromatic nitrogens is 2. The minimum absolute atomic E-state index is 0. The van der Waals surface area contributed by atoms with E-state index in [1.165, 1.54) is 26.4 Å². The zero-order chi connectivity index (χ0) is 25.7. The number of nitrogens with zero attached hydrogens (tertiary/aromatic N) is 2. The van der Waals surface area contributed by atoms with Crippen molar-refractivity contribution in [2.45, 2.75) is 0 Å². The molecule has 37 heavy (non-hydrogen) atoms. The Morgan fingerprint density at radius 3 is 1.89 bits per heavy atom. The van der Waals surface area contributed by atoms with Crippen LogP contribution in [-0.2, 0) is 0 Å². The number of aromatic hydroxyl groups is 2. The third-order valence-electron chi connectivity index (χ3n) is 5.44. The van der Waals surface area contributed by atoms with E-state index in [1.54, 1.807) is 53.2 Å². The molecular formula is C28H23N2NaO6. The van der Waals surface area contributed by atoms with Gasteiger partial charge in [0.15, 0.2) is 23.0 Å². The molecule has 4 aromatic rings. The summed E-state index contributed by atoms with van der Waals surface area (Å²) in [6, 6.07) is 16.3. The molecule has 0 unspecified atom stereocenters. The maximum Gasteiger partial charge on any atom is 1.00 e. The van der Waals surface area contributed by atoms with Gasteiger partial charge in [-0.3, -0.25) is 0 Å². The van der Waals surface area contributed by atoms with Gasteiger partial charge in [-0.15, -0.1) is 0 Å². The number of carboxylic acids is 1. The second-order valence-corrected chi connectivity index (χ2v) is 7.78. The van der Waals surface area contributed by atoms with Gasteiger partial charge in [0.1, 0.15) is 0 Å². The van der Waals surface area contributed by atoms with Gasteiger partial charge in [-0.05, 0) is 59.2 Å². The Morgan fingerprint density at radius 1 is 0.838 bits per heavy atom. The molecule has 3 aromatic carbocycles. The van der Waals surface area contributed by atoms with E-state index in [1.807, 2.05) is 30.5 Å². The first-order valence-electron chi connectivity index (χ1n) is 10.9. The molecule has 0 aliphatic rings. The quantitative estimate of drug-likeness (QED) is 0.343. The van der Waals surface area contributed by atoms with Crippen LogP contribution in [-0.4, -0.2) is 40.2 Å². The largest absolute Gasteiger partial charge is 1.00 e. The van der Waals surface area contributed by atoms with Gasteiger partial charge in [-0.2, -0.15) is 5.10 Å². The predicted octanol–water partition coefficient (Wildman–Crippen LogP) is 1.01. The van der Waals surface area contributed by atoms with Crippen molar-refractivity contribution in [3.63, 3.8) is 0 Å². The Hall–Kier alpha value is -3.98. The molecule has 2 N–H and O–H groups in total. The van der Waals surface area contributed by atoms with E-state index in [4.69, 9.17) is 9.47 Å². The van der Waals surface area contributed by atoms with Crippen LogP contribution in [0.25, 0.3) is 30.0 Å². The standard InChI is InChI=1S/C28H24N2O6.Na/c1-35-26-15-18(5-13-24(26)31)3-7-21-17-30(22-10-8-20(9-11-22)28(33)34)29-23(21)12-4-19-6-14-25(32)27(16-19)36-2;/h3-17,31-32H,1-2H3,(H,33,34);/q;+1/p-1/b7-3+,12-4+;. The maximum absolute atomic E-state index is 11.1. The number of hydrogen-bond donors (Lipinski definition) is 2. The molecular weight excluding hydrogens is 483 g/mol. The van der Waals surface area contributed by atoms with E-state index >= 15 is 0 Å². The van der Waals surface area contributed by atoms with Crippen molar-refractivity contribution in [3.8, 4) is 28.7 Å². The van der Waals surface area contributed by atoms with E-state index in [0.29, 0.717) is 22.9 Å². The third kappa shape index (κ3) is 6.62. The molecule has 4 rings (SSSR count). The molecule has 0 amide bonds. The predicted molar refractivity (Wildman–Crippen MR) is 135 cm³/mol. The molecule has 0 radical (unpaired) electrons. The summed E-state index contributed by atoms with van der Waals surface area (Å²) in [5, 5.41) is 35.4. The molecule has 8 nitrogen and oxygen atoms in total. The van der Waals surface area contributed by atoms with Crippen molar-refractivity contribution in [2.75, 3.05) is 14.2 Å². The summed E-state index contributed by atoms with van der Waals surface area (Å²) in [5.41, 5.74) is 3.80. The number of rotatable bonds is 8. The number of phenols is 2. The number of hydrogen-bond acceptors (Lipinski definition) is 7. The van der Waals surface area contributed by atoms with Gasteiger partial charge in [0.2, 0.25) is 0 Å². The number of aromatic carboxylic acids is 1. The number of methoxy groups -OCH3 is 2. The van der Waals surface area contributed by atoms with Crippen molar-refractivity contribution in [1.29, 1.82) is 0 Å². The summed E-state index contributed by atoms with van der Waals surface area (Å²) in [4.78, 5) is 11.1. The van der Waals surface area contributed by atoms with E-state index in [9.17, 15) is 20.1 Å². The summed E-state index contributed by atoms with van der Waals surface area (Å²) in [7, 11) is 2.97. The maximum atomic E-state index is 11.1. The fourth-order valence-electron chi connectivity index (χ4n) is 3.50. The van der Waals surface area contributed by atoms with E-state index in [-0.39, 0.29) is 46.6 Å². The molecule has 0 spiro atoms. The average Bonchev–Trinajstić information content (AvgIpc) is 3.30. The van der Waals surface area contributed by atoms with Crippen molar-refractivity contribution in [1.82, 2.24) is 9.78 Å². The zero-order valence-electron chi connectivity index (χ0n) is 20.6. The number of carbonyl (C=O) groups excluding carboxylic acids is 1. The fourth-order valence-corrected chi connectivity index (χ4v) is 3.50. The van der Waals surface area contributed by atoms with Gasteiger partial charge >= 0.3 is 29.6 Å². The van der Waals surface area contributed by atoms with Gasteiger partial charge in [0, 0.05) is 11.8 Å². The molecule has 182 valence electrons. The topological polar surface area (TPSA) is 117 Å². The minimum Gasteiger partial charge on any atom is -0.545 e. The number of carbonyl (C=O) groups is 1. The molecule has 0 aliphatic carbocycles. The molecule has 0 saturated heterocycles. The van der Waals surface area contributed by atoms with E-state index in [2.05, 4.69) is 5.10 Å².